The van der Waals surface area contributed by atoms with E-state index < -0.39 is 5.63 Å². The van der Waals surface area contributed by atoms with E-state index in [2.05, 4.69) is 5.32 Å². The summed E-state index contributed by atoms with van der Waals surface area (Å²) in [6, 6.07) is 4.56. The molecule has 2 rings (SSSR count). The number of nitrogens with zero attached hydrogens (tertiary/aromatic N) is 1. The Bertz CT molecular complexity index is 693. The fraction of sp³-hybridized carbons (Fsp3) is 0.231. The Hall–Kier alpha value is -2.02. The molecule has 0 unspecified atom stereocenters. The van der Waals surface area contributed by atoms with Crippen molar-refractivity contribution in [3.63, 3.8) is 0 Å². The van der Waals surface area contributed by atoms with Crippen LogP contribution in [0.2, 0.25) is 0 Å². The number of carbonyl (C=O) groups is 1. The Balaban J connectivity index is 2.31. The summed E-state index contributed by atoms with van der Waals surface area (Å²) >= 11 is 1.29. The van der Waals surface area contributed by atoms with Gasteiger partial charge >= 0.3 is 5.63 Å². The molecule has 0 aliphatic rings. The summed E-state index contributed by atoms with van der Waals surface area (Å²) in [6.45, 7) is 1.41. The summed E-state index contributed by atoms with van der Waals surface area (Å²) in [6.07, 6.45) is 3.21. The first-order chi connectivity index (χ1) is 9.51. The number of aromatic nitrogens is 1. The Morgan fingerprint density at radius 3 is 2.85 bits per heavy atom. The number of nitrogens with one attached hydrogen (secondary N) is 1. The minimum Gasteiger partial charge on any atom is -0.336 e. The van der Waals surface area contributed by atoms with E-state index in [0.29, 0.717) is 10.5 Å². The molecule has 7 heteroatoms. The first-order valence-electron chi connectivity index (χ1n) is 5.80. The zero-order valence-electron chi connectivity index (χ0n) is 11.0. The molecule has 0 aliphatic heterocycles. The molecule has 1 amide bonds. The van der Waals surface area contributed by atoms with Gasteiger partial charge in [-0.05, 0) is 24.0 Å². The fourth-order valence-corrected chi connectivity index (χ4v) is 2.13. The van der Waals surface area contributed by atoms with Gasteiger partial charge in [0.1, 0.15) is 12.5 Å². The second kappa shape index (κ2) is 5.96. The Kier molecular flexibility index (Phi) is 4.29. The van der Waals surface area contributed by atoms with E-state index in [9.17, 15) is 14.0 Å². The summed E-state index contributed by atoms with van der Waals surface area (Å²) in [5, 5.41) is 2.50. The summed E-state index contributed by atoms with van der Waals surface area (Å²) < 4.78 is 19.8. The normalized spacial score (nSPS) is 10.6. The van der Waals surface area contributed by atoms with Crippen LogP contribution in [0, 0.1) is 5.82 Å². The number of halogens is 1. The Morgan fingerprint density at radius 2 is 2.25 bits per heavy atom. The van der Waals surface area contributed by atoms with E-state index >= 15 is 0 Å². The smallest absolute Gasteiger partial charge is 0.336 e. The first kappa shape index (κ1) is 14.4. The van der Waals surface area contributed by atoms with Gasteiger partial charge in [-0.1, -0.05) is 6.07 Å². The van der Waals surface area contributed by atoms with Crippen LogP contribution in [0.25, 0.3) is 11.1 Å². The molecule has 1 aromatic carbocycles. The topological polar surface area (TPSA) is 64.2 Å². The molecular formula is C13H13FN2O3S. The average Bonchev–Trinajstić information content (AvgIpc) is 2.77. The molecule has 0 bridgehead atoms. The van der Waals surface area contributed by atoms with Gasteiger partial charge in [0.25, 0.3) is 0 Å². The van der Waals surface area contributed by atoms with Crippen LogP contribution in [0.3, 0.4) is 0 Å². The minimum atomic E-state index is -0.577. The van der Waals surface area contributed by atoms with Crippen molar-refractivity contribution in [2.24, 2.45) is 0 Å². The molecule has 1 heterocycles. The summed E-state index contributed by atoms with van der Waals surface area (Å²) in [5.41, 5.74) is 0.115. The van der Waals surface area contributed by atoms with Gasteiger partial charge in [0.2, 0.25) is 5.91 Å². The van der Waals surface area contributed by atoms with Crippen molar-refractivity contribution in [3.8, 4) is 11.1 Å². The lowest BCUT2D eigenvalue weighted by molar-refractivity contribution is -0.119. The van der Waals surface area contributed by atoms with Gasteiger partial charge in [-0.2, -0.15) is 4.74 Å². The molecule has 0 spiro atoms. The summed E-state index contributed by atoms with van der Waals surface area (Å²) in [5.74, 6) is -0.623. The molecule has 0 radical (unpaired) electrons. The molecule has 0 aliphatic carbocycles. The molecule has 0 saturated carbocycles. The third-order valence-electron chi connectivity index (χ3n) is 2.64. The number of amides is 1. The second-order valence-electron chi connectivity index (χ2n) is 4.08. The zero-order valence-corrected chi connectivity index (χ0v) is 11.8. The van der Waals surface area contributed by atoms with E-state index in [-0.39, 0.29) is 24.0 Å². The van der Waals surface area contributed by atoms with Gasteiger partial charge in [0.15, 0.2) is 0 Å². The third-order valence-corrected chi connectivity index (χ3v) is 3.41. The lowest BCUT2D eigenvalue weighted by atomic mass is 10.1. The number of benzene rings is 1. The third kappa shape index (κ3) is 3.11. The van der Waals surface area contributed by atoms with Crippen molar-refractivity contribution in [3.05, 3.63) is 40.6 Å². The van der Waals surface area contributed by atoms with Gasteiger partial charge in [-0.15, -0.1) is 11.8 Å². The second-order valence-corrected chi connectivity index (χ2v) is 4.93. The van der Waals surface area contributed by atoms with Crippen molar-refractivity contribution < 1.29 is 13.7 Å². The molecule has 0 fully saturated rings. The fourth-order valence-electron chi connectivity index (χ4n) is 1.67. The maximum atomic E-state index is 13.7. The highest BCUT2D eigenvalue weighted by Gasteiger charge is 2.12. The molecule has 1 aromatic heterocycles. The van der Waals surface area contributed by atoms with Crippen LogP contribution < -0.4 is 10.9 Å². The quantitative estimate of drug-likeness (QED) is 0.877. The van der Waals surface area contributed by atoms with Crippen LogP contribution in [-0.4, -0.2) is 16.9 Å². The van der Waals surface area contributed by atoms with Crippen molar-refractivity contribution >= 4 is 17.7 Å². The van der Waals surface area contributed by atoms with E-state index in [0.717, 1.165) is 0 Å². The highest BCUT2D eigenvalue weighted by atomic mass is 32.2. The van der Waals surface area contributed by atoms with Gasteiger partial charge < -0.3 is 9.84 Å². The molecule has 2 aromatic rings. The van der Waals surface area contributed by atoms with Crippen LogP contribution in [-0.2, 0) is 11.5 Å². The molecule has 1 N–H and O–H groups in total. The van der Waals surface area contributed by atoms with Gasteiger partial charge in [0, 0.05) is 11.8 Å². The predicted molar refractivity (Wildman–Crippen MR) is 74.0 cm³/mol. The molecule has 5 nitrogen and oxygen atoms in total. The molecule has 20 heavy (non-hydrogen) atoms. The van der Waals surface area contributed by atoms with Crippen molar-refractivity contribution in [2.75, 3.05) is 6.26 Å². The highest BCUT2D eigenvalue weighted by Crippen LogP contribution is 2.24. The molecular weight excluding hydrogens is 283 g/mol. The van der Waals surface area contributed by atoms with Crippen LogP contribution in [0.4, 0.5) is 4.39 Å². The lowest BCUT2D eigenvalue weighted by Crippen LogP contribution is -2.22. The van der Waals surface area contributed by atoms with Gasteiger partial charge in [-0.25, -0.2) is 9.18 Å². The average molecular weight is 296 g/mol. The van der Waals surface area contributed by atoms with Crippen LogP contribution in [0.15, 0.2) is 38.6 Å². The predicted octanol–water partition coefficient (Wildman–Crippen LogP) is 2.06. The van der Waals surface area contributed by atoms with Gasteiger partial charge in [-0.3, -0.25) is 4.79 Å². The zero-order chi connectivity index (χ0) is 14.7. The molecule has 0 atom stereocenters. The van der Waals surface area contributed by atoms with Gasteiger partial charge in [0.05, 0.1) is 11.8 Å². The SMILES string of the molecule is CSc1ccc(-c2cn(CNC(C)=O)oc2=O)cc1F. The maximum absolute atomic E-state index is 13.7. The summed E-state index contributed by atoms with van der Waals surface area (Å²) in [4.78, 5) is 23.0. The largest absolute Gasteiger partial charge is 0.365 e. The lowest BCUT2D eigenvalue weighted by Gasteiger charge is -2.01. The number of hydrogen-bond acceptors (Lipinski definition) is 4. The monoisotopic (exact) mass is 296 g/mol. The van der Waals surface area contributed by atoms with E-state index in [1.807, 2.05) is 0 Å². The Labute approximate surface area is 118 Å². The van der Waals surface area contributed by atoms with Crippen molar-refractivity contribution in [2.45, 2.75) is 18.5 Å². The van der Waals surface area contributed by atoms with Crippen LogP contribution >= 0.6 is 11.8 Å². The first-order valence-corrected chi connectivity index (χ1v) is 7.03. The Morgan fingerprint density at radius 1 is 1.50 bits per heavy atom. The maximum Gasteiger partial charge on any atom is 0.365 e. The van der Waals surface area contributed by atoms with E-state index in [1.54, 1.807) is 18.4 Å². The molecule has 0 saturated heterocycles. The van der Waals surface area contributed by atoms with E-state index in [4.69, 9.17) is 4.52 Å². The van der Waals surface area contributed by atoms with Crippen molar-refractivity contribution in [1.82, 2.24) is 10.1 Å². The number of hydrogen-bond donors (Lipinski definition) is 1. The highest BCUT2D eigenvalue weighted by molar-refractivity contribution is 7.98. The van der Waals surface area contributed by atoms with Crippen LogP contribution in [0.5, 0.6) is 0 Å². The number of carbonyl (C=O) groups excluding carboxylic acids is 1. The number of thioether (sulfide) groups is 1. The summed E-state index contributed by atoms with van der Waals surface area (Å²) in [7, 11) is 0. The minimum absolute atomic E-state index is 0.0515. The van der Waals surface area contributed by atoms with Crippen LogP contribution in [0.1, 0.15) is 6.92 Å². The molecule has 106 valence electrons. The van der Waals surface area contributed by atoms with Crippen molar-refractivity contribution in [1.29, 1.82) is 0 Å². The standard InChI is InChI=1S/C13H13FN2O3S/c1-8(17)15-7-16-6-10(13(18)19-16)9-3-4-12(20-2)11(14)5-9/h3-6H,7H2,1-2H3,(H,15,17). The number of rotatable bonds is 4. The van der Waals surface area contributed by atoms with E-state index in [1.165, 1.54) is 35.7 Å².